The minimum atomic E-state index is -4.54. The second-order valence-corrected chi connectivity index (χ2v) is 6.84. The Morgan fingerprint density at radius 3 is 2.36 bits per heavy atom. The molecule has 1 aromatic heterocycles. The zero-order valence-electron chi connectivity index (χ0n) is 12.7. The number of rotatable bonds is 3. The van der Waals surface area contributed by atoms with Crippen molar-refractivity contribution in [3.05, 3.63) is 5.82 Å². The molecule has 1 saturated heterocycles. The van der Waals surface area contributed by atoms with Crippen LogP contribution in [0, 0.1) is 11.8 Å². The standard InChI is InChI=1S/C13H19F3N4OS/c1-8-4-9(2)6-20(5-8)10(21)7-22-12-18-17-11(19(12)3)13(14,15)16/h8-9H,4-7H2,1-3H3/t8-,9-/m0/s1. The van der Waals surface area contributed by atoms with Crippen LogP contribution in [-0.2, 0) is 18.0 Å². The highest BCUT2D eigenvalue weighted by Crippen LogP contribution is 2.30. The summed E-state index contributed by atoms with van der Waals surface area (Å²) in [6.07, 6.45) is -3.45. The third-order valence-corrected chi connectivity index (χ3v) is 4.64. The van der Waals surface area contributed by atoms with Gasteiger partial charge in [0.15, 0.2) is 5.16 Å². The van der Waals surface area contributed by atoms with Crippen LogP contribution in [-0.4, -0.2) is 44.4 Å². The van der Waals surface area contributed by atoms with Crippen molar-refractivity contribution < 1.29 is 18.0 Å². The molecule has 0 saturated carbocycles. The maximum absolute atomic E-state index is 12.6. The van der Waals surface area contributed by atoms with Gasteiger partial charge in [-0.25, -0.2) is 0 Å². The average molecular weight is 336 g/mol. The summed E-state index contributed by atoms with van der Waals surface area (Å²) in [4.78, 5) is 14.0. The summed E-state index contributed by atoms with van der Waals surface area (Å²) < 4.78 is 38.8. The number of piperidine rings is 1. The van der Waals surface area contributed by atoms with E-state index in [0.29, 0.717) is 24.9 Å². The van der Waals surface area contributed by atoms with Crippen LogP contribution in [0.1, 0.15) is 26.1 Å². The Labute approximate surface area is 131 Å². The van der Waals surface area contributed by atoms with Gasteiger partial charge in [0.05, 0.1) is 5.75 Å². The second kappa shape index (κ2) is 6.47. The minimum Gasteiger partial charge on any atom is -0.341 e. The molecular weight excluding hydrogens is 317 g/mol. The van der Waals surface area contributed by atoms with Gasteiger partial charge in [-0.05, 0) is 18.3 Å². The monoisotopic (exact) mass is 336 g/mol. The van der Waals surface area contributed by atoms with Crippen LogP contribution < -0.4 is 0 Å². The van der Waals surface area contributed by atoms with Gasteiger partial charge in [-0.1, -0.05) is 25.6 Å². The molecule has 0 bridgehead atoms. The van der Waals surface area contributed by atoms with E-state index in [1.54, 1.807) is 4.90 Å². The number of hydrogen-bond donors (Lipinski definition) is 0. The van der Waals surface area contributed by atoms with Crippen molar-refractivity contribution in [1.82, 2.24) is 19.7 Å². The van der Waals surface area contributed by atoms with E-state index in [0.717, 1.165) is 22.7 Å². The molecule has 2 atom stereocenters. The third kappa shape index (κ3) is 3.93. The van der Waals surface area contributed by atoms with E-state index in [2.05, 4.69) is 24.0 Å². The van der Waals surface area contributed by atoms with Crippen molar-refractivity contribution in [2.24, 2.45) is 18.9 Å². The highest BCUT2D eigenvalue weighted by Gasteiger charge is 2.37. The molecule has 2 rings (SSSR count). The van der Waals surface area contributed by atoms with Gasteiger partial charge in [-0.3, -0.25) is 4.79 Å². The van der Waals surface area contributed by atoms with Crippen LogP contribution in [0.4, 0.5) is 13.2 Å². The van der Waals surface area contributed by atoms with E-state index in [9.17, 15) is 18.0 Å². The lowest BCUT2D eigenvalue weighted by Gasteiger charge is -2.34. The predicted octanol–water partition coefficient (Wildman–Crippen LogP) is 2.43. The van der Waals surface area contributed by atoms with Crippen LogP contribution in [0.25, 0.3) is 0 Å². The third-order valence-electron chi connectivity index (χ3n) is 3.63. The SMILES string of the molecule is C[C@H]1C[C@H](C)CN(C(=O)CSc2nnc(C(F)(F)F)n2C)C1. The molecule has 1 aliphatic heterocycles. The number of hydrogen-bond acceptors (Lipinski definition) is 4. The number of halogens is 3. The fraction of sp³-hybridized carbons (Fsp3) is 0.769. The molecule has 0 aromatic carbocycles. The molecule has 9 heteroatoms. The number of aromatic nitrogens is 3. The van der Waals surface area contributed by atoms with Crippen LogP contribution >= 0.6 is 11.8 Å². The largest absolute Gasteiger partial charge is 0.451 e. The lowest BCUT2D eigenvalue weighted by Crippen LogP contribution is -2.43. The van der Waals surface area contributed by atoms with Gasteiger partial charge < -0.3 is 9.47 Å². The maximum atomic E-state index is 12.6. The molecule has 22 heavy (non-hydrogen) atoms. The fourth-order valence-corrected chi connectivity index (χ4v) is 3.59. The Balaban J connectivity index is 1.96. The van der Waals surface area contributed by atoms with Crippen LogP contribution in [0.3, 0.4) is 0 Å². The highest BCUT2D eigenvalue weighted by molar-refractivity contribution is 7.99. The zero-order chi connectivity index (χ0) is 16.5. The van der Waals surface area contributed by atoms with E-state index in [-0.39, 0.29) is 16.8 Å². The molecule has 1 aliphatic rings. The topological polar surface area (TPSA) is 51.0 Å². The molecule has 1 fully saturated rings. The highest BCUT2D eigenvalue weighted by atomic mass is 32.2. The van der Waals surface area contributed by atoms with Gasteiger partial charge in [0.25, 0.3) is 0 Å². The number of nitrogens with zero attached hydrogens (tertiary/aromatic N) is 4. The average Bonchev–Trinajstić information content (AvgIpc) is 2.76. The summed E-state index contributed by atoms with van der Waals surface area (Å²) >= 11 is 0.986. The first-order valence-corrected chi connectivity index (χ1v) is 8.04. The number of alkyl halides is 3. The maximum Gasteiger partial charge on any atom is 0.451 e. The number of amides is 1. The minimum absolute atomic E-state index is 0.0695. The Morgan fingerprint density at radius 2 is 1.86 bits per heavy atom. The van der Waals surface area contributed by atoms with Crippen molar-refractivity contribution >= 4 is 17.7 Å². The van der Waals surface area contributed by atoms with Crippen LogP contribution in [0.15, 0.2) is 5.16 Å². The molecule has 0 N–H and O–H groups in total. The van der Waals surface area contributed by atoms with Crippen LogP contribution in [0.2, 0.25) is 0 Å². The fourth-order valence-electron chi connectivity index (χ4n) is 2.77. The first kappa shape index (κ1) is 17.1. The molecule has 1 amide bonds. The summed E-state index contributed by atoms with van der Waals surface area (Å²) in [6, 6.07) is 0. The Kier molecular flexibility index (Phi) is 5.03. The second-order valence-electron chi connectivity index (χ2n) is 5.90. The van der Waals surface area contributed by atoms with E-state index < -0.39 is 12.0 Å². The normalized spacial score (nSPS) is 22.9. The Morgan fingerprint density at radius 1 is 1.27 bits per heavy atom. The molecule has 0 radical (unpaired) electrons. The molecule has 0 unspecified atom stereocenters. The van der Waals surface area contributed by atoms with Crippen molar-refractivity contribution in [2.45, 2.75) is 31.6 Å². The number of carbonyl (C=O) groups is 1. The molecular formula is C13H19F3N4OS. The molecule has 1 aromatic rings. The van der Waals surface area contributed by atoms with Gasteiger partial charge in [0.2, 0.25) is 11.7 Å². The van der Waals surface area contributed by atoms with Gasteiger partial charge in [-0.2, -0.15) is 13.2 Å². The molecule has 0 spiro atoms. The Hall–Kier alpha value is -1.25. The van der Waals surface area contributed by atoms with Gasteiger partial charge in [0, 0.05) is 20.1 Å². The van der Waals surface area contributed by atoms with Gasteiger partial charge in [-0.15, -0.1) is 10.2 Å². The number of carbonyl (C=O) groups excluding carboxylic acids is 1. The van der Waals surface area contributed by atoms with Crippen molar-refractivity contribution in [3.63, 3.8) is 0 Å². The quantitative estimate of drug-likeness (QED) is 0.796. The van der Waals surface area contributed by atoms with E-state index in [4.69, 9.17) is 0 Å². The van der Waals surface area contributed by atoms with Crippen molar-refractivity contribution in [3.8, 4) is 0 Å². The Bertz CT molecular complexity index is 536. The smallest absolute Gasteiger partial charge is 0.341 e. The summed E-state index contributed by atoms with van der Waals surface area (Å²) in [5.41, 5.74) is 0. The molecule has 0 aliphatic carbocycles. The summed E-state index contributed by atoms with van der Waals surface area (Å²) in [6.45, 7) is 5.61. The first-order valence-electron chi connectivity index (χ1n) is 7.05. The number of thioether (sulfide) groups is 1. The van der Waals surface area contributed by atoms with Gasteiger partial charge >= 0.3 is 6.18 Å². The first-order chi connectivity index (χ1) is 10.2. The zero-order valence-corrected chi connectivity index (χ0v) is 13.5. The summed E-state index contributed by atoms with van der Waals surface area (Å²) in [7, 11) is 1.25. The van der Waals surface area contributed by atoms with Crippen LogP contribution in [0.5, 0.6) is 0 Å². The predicted molar refractivity (Wildman–Crippen MR) is 76.3 cm³/mol. The molecule has 5 nitrogen and oxygen atoms in total. The van der Waals surface area contributed by atoms with E-state index in [1.807, 2.05) is 0 Å². The molecule has 124 valence electrons. The lowest BCUT2D eigenvalue weighted by atomic mass is 9.92. The molecule has 2 heterocycles. The van der Waals surface area contributed by atoms with E-state index in [1.165, 1.54) is 7.05 Å². The van der Waals surface area contributed by atoms with Crippen molar-refractivity contribution in [2.75, 3.05) is 18.8 Å². The van der Waals surface area contributed by atoms with E-state index >= 15 is 0 Å². The summed E-state index contributed by atoms with van der Waals surface area (Å²) in [5.74, 6) is -0.153. The number of likely N-dealkylation sites (tertiary alicyclic amines) is 1. The lowest BCUT2D eigenvalue weighted by molar-refractivity contribution is -0.147. The summed E-state index contributed by atoms with van der Waals surface area (Å²) in [5, 5.41) is 6.75. The van der Waals surface area contributed by atoms with Gasteiger partial charge in [0.1, 0.15) is 0 Å². The van der Waals surface area contributed by atoms with Crippen molar-refractivity contribution in [1.29, 1.82) is 0 Å².